The molecule has 0 spiro atoms. The Hall–Kier alpha value is -2.57. The van der Waals surface area contributed by atoms with E-state index in [0.29, 0.717) is 6.42 Å². The predicted molar refractivity (Wildman–Crippen MR) is 132 cm³/mol. The number of halogens is 1. The average Bonchev–Trinajstić information content (AvgIpc) is 2.79. The molecule has 4 nitrogen and oxygen atoms in total. The molecule has 0 heterocycles. The number of benzene rings is 3. The van der Waals surface area contributed by atoms with Crippen LogP contribution in [0.2, 0.25) is 0 Å². The minimum absolute atomic E-state index is 0.0252. The minimum atomic E-state index is -0.418. The Labute approximate surface area is 196 Å². The molecule has 160 valence electrons. The molecule has 2 N–H and O–H groups in total. The molecule has 0 aliphatic heterocycles. The number of carbonyl (C=O) groups excluding carboxylic acids is 2. The van der Waals surface area contributed by atoms with Gasteiger partial charge in [0.25, 0.3) is 0 Å². The number of amides is 2. The smallest absolute Gasteiger partial charge is 0.242 e. The first-order valence-corrected chi connectivity index (χ1v) is 11.9. The van der Waals surface area contributed by atoms with Crippen molar-refractivity contribution in [2.45, 2.75) is 36.3 Å². The molecule has 0 bridgehead atoms. The highest BCUT2D eigenvalue weighted by Gasteiger charge is 2.22. The molecule has 1 unspecified atom stereocenters. The van der Waals surface area contributed by atoms with Crippen molar-refractivity contribution in [3.05, 3.63) is 88.9 Å². The van der Waals surface area contributed by atoms with Gasteiger partial charge in [-0.15, -0.1) is 11.8 Å². The van der Waals surface area contributed by atoms with Crippen molar-refractivity contribution in [1.82, 2.24) is 0 Å². The standard InChI is InChI=1S/C25H25BrN2O2S/c1-2-3-13-23(29)27-19-14-16-20(17-15-19)31-24(18-9-5-4-6-10-18)25(30)28-22-12-8-7-11-21(22)26/h4-12,14-17,24H,2-3,13H2,1H3,(H,27,29)(H,28,30). The maximum atomic E-state index is 13.2. The summed E-state index contributed by atoms with van der Waals surface area (Å²) in [5, 5.41) is 5.52. The molecular weight excluding hydrogens is 472 g/mol. The molecule has 0 saturated carbocycles. The summed E-state index contributed by atoms with van der Waals surface area (Å²) < 4.78 is 0.836. The van der Waals surface area contributed by atoms with Crippen molar-refractivity contribution in [3.63, 3.8) is 0 Å². The lowest BCUT2D eigenvalue weighted by atomic mass is 10.1. The summed E-state index contributed by atoms with van der Waals surface area (Å²) in [5.41, 5.74) is 2.42. The van der Waals surface area contributed by atoms with Crippen molar-refractivity contribution in [3.8, 4) is 0 Å². The lowest BCUT2D eigenvalue weighted by Gasteiger charge is -2.18. The van der Waals surface area contributed by atoms with Crippen LogP contribution in [0.1, 0.15) is 37.0 Å². The van der Waals surface area contributed by atoms with Crippen LogP contribution in [0.15, 0.2) is 88.2 Å². The number of hydrogen-bond donors (Lipinski definition) is 2. The van der Waals surface area contributed by atoms with Gasteiger partial charge in [0, 0.05) is 21.5 Å². The zero-order chi connectivity index (χ0) is 22.1. The maximum absolute atomic E-state index is 13.2. The number of rotatable bonds is 9. The zero-order valence-electron chi connectivity index (χ0n) is 17.3. The number of carbonyl (C=O) groups is 2. The largest absolute Gasteiger partial charge is 0.326 e. The third-order valence-corrected chi connectivity index (χ3v) is 6.58. The Balaban J connectivity index is 1.74. The van der Waals surface area contributed by atoms with Crippen LogP contribution in [0.25, 0.3) is 0 Å². The second kappa shape index (κ2) is 11.7. The molecule has 3 rings (SSSR count). The van der Waals surface area contributed by atoms with Crippen LogP contribution in [0, 0.1) is 0 Å². The highest BCUT2D eigenvalue weighted by atomic mass is 79.9. The summed E-state index contributed by atoms with van der Waals surface area (Å²) >= 11 is 4.96. The topological polar surface area (TPSA) is 58.2 Å². The number of para-hydroxylation sites is 1. The molecular formula is C25H25BrN2O2S. The van der Waals surface area contributed by atoms with Crippen LogP contribution in [-0.4, -0.2) is 11.8 Å². The molecule has 0 aromatic heterocycles. The molecule has 3 aromatic rings. The summed E-state index contributed by atoms with van der Waals surface area (Å²) in [6.07, 6.45) is 2.40. The van der Waals surface area contributed by atoms with Gasteiger partial charge in [0.1, 0.15) is 5.25 Å². The van der Waals surface area contributed by atoms with E-state index < -0.39 is 5.25 Å². The van der Waals surface area contributed by atoms with E-state index in [4.69, 9.17) is 0 Å². The van der Waals surface area contributed by atoms with Crippen molar-refractivity contribution in [2.24, 2.45) is 0 Å². The first kappa shape index (κ1) is 23.1. The Bertz CT molecular complexity index is 1010. The van der Waals surface area contributed by atoms with Gasteiger partial charge in [-0.1, -0.05) is 55.8 Å². The van der Waals surface area contributed by atoms with Crippen molar-refractivity contribution in [1.29, 1.82) is 0 Å². The highest BCUT2D eigenvalue weighted by molar-refractivity contribution is 9.10. The molecule has 0 aliphatic rings. The van der Waals surface area contributed by atoms with Crippen LogP contribution >= 0.6 is 27.7 Å². The summed E-state index contributed by atoms with van der Waals surface area (Å²) in [4.78, 5) is 26.1. The summed E-state index contributed by atoms with van der Waals surface area (Å²) in [6, 6.07) is 24.9. The number of thioether (sulfide) groups is 1. The van der Waals surface area contributed by atoms with Gasteiger partial charge in [-0.05, 0) is 64.3 Å². The van der Waals surface area contributed by atoms with Gasteiger partial charge in [-0.25, -0.2) is 0 Å². The fourth-order valence-electron chi connectivity index (χ4n) is 2.98. The summed E-state index contributed by atoms with van der Waals surface area (Å²) in [5.74, 6) is -0.0720. The molecule has 2 amide bonds. The highest BCUT2D eigenvalue weighted by Crippen LogP contribution is 2.37. The van der Waals surface area contributed by atoms with Gasteiger partial charge in [-0.2, -0.15) is 0 Å². The van der Waals surface area contributed by atoms with E-state index in [9.17, 15) is 9.59 Å². The maximum Gasteiger partial charge on any atom is 0.242 e. The molecule has 3 aromatic carbocycles. The fourth-order valence-corrected chi connectivity index (χ4v) is 4.38. The van der Waals surface area contributed by atoms with E-state index in [1.807, 2.05) is 78.9 Å². The minimum Gasteiger partial charge on any atom is -0.326 e. The normalized spacial score (nSPS) is 11.5. The van der Waals surface area contributed by atoms with Gasteiger partial charge in [0.05, 0.1) is 5.69 Å². The van der Waals surface area contributed by atoms with Crippen LogP contribution in [0.3, 0.4) is 0 Å². The summed E-state index contributed by atoms with van der Waals surface area (Å²) in [6.45, 7) is 2.06. The number of nitrogens with one attached hydrogen (secondary N) is 2. The van der Waals surface area contributed by atoms with E-state index >= 15 is 0 Å². The number of hydrogen-bond acceptors (Lipinski definition) is 3. The monoisotopic (exact) mass is 496 g/mol. The van der Waals surface area contributed by atoms with E-state index in [1.165, 1.54) is 11.8 Å². The predicted octanol–water partition coefficient (Wildman–Crippen LogP) is 7.05. The van der Waals surface area contributed by atoms with E-state index in [0.717, 1.165) is 39.1 Å². The average molecular weight is 497 g/mol. The Morgan fingerprint density at radius 1 is 0.903 bits per heavy atom. The summed E-state index contributed by atoms with van der Waals surface area (Å²) in [7, 11) is 0. The molecule has 1 atom stereocenters. The van der Waals surface area contributed by atoms with E-state index in [1.54, 1.807) is 0 Å². The van der Waals surface area contributed by atoms with Crippen molar-refractivity contribution in [2.75, 3.05) is 10.6 Å². The third kappa shape index (κ3) is 6.97. The van der Waals surface area contributed by atoms with Crippen molar-refractivity contribution >= 4 is 50.9 Å². The quantitative estimate of drug-likeness (QED) is 0.312. The van der Waals surface area contributed by atoms with E-state index in [-0.39, 0.29) is 11.8 Å². The number of anilines is 2. The molecule has 0 radical (unpaired) electrons. The van der Waals surface area contributed by atoms with Gasteiger partial charge >= 0.3 is 0 Å². The van der Waals surface area contributed by atoms with Gasteiger partial charge in [-0.3, -0.25) is 9.59 Å². The lowest BCUT2D eigenvalue weighted by Crippen LogP contribution is -2.19. The third-order valence-electron chi connectivity index (χ3n) is 4.62. The molecule has 0 saturated heterocycles. The van der Waals surface area contributed by atoms with Crippen LogP contribution in [0.4, 0.5) is 11.4 Å². The van der Waals surface area contributed by atoms with Gasteiger partial charge < -0.3 is 10.6 Å². The Kier molecular flexibility index (Phi) is 8.74. The fraction of sp³-hybridized carbons (Fsp3) is 0.200. The van der Waals surface area contributed by atoms with E-state index in [2.05, 4.69) is 33.5 Å². The SMILES string of the molecule is CCCCC(=O)Nc1ccc(SC(C(=O)Nc2ccccc2Br)c2ccccc2)cc1. The second-order valence-electron chi connectivity index (χ2n) is 7.05. The first-order valence-electron chi connectivity index (χ1n) is 10.2. The van der Waals surface area contributed by atoms with Crippen LogP contribution < -0.4 is 10.6 Å². The Morgan fingerprint density at radius 2 is 1.58 bits per heavy atom. The van der Waals surface area contributed by atoms with Gasteiger partial charge in [0.2, 0.25) is 11.8 Å². The molecule has 0 fully saturated rings. The second-order valence-corrected chi connectivity index (χ2v) is 9.09. The molecule has 31 heavy (non-hydrogen) atoms. The molecule has 0 aliphatic carbocycles. The molecule has 6 heteroatoms. The van der Waals surface area contributed by atoms with Crippen molar-refractivity contribution < 1.29 is 9.59 Å². The van der Waals surface area contributed by atoms with Gasteiger partial charge in [0.15, 0.2) is 0 Å². The first-order chi connectivity index (χ1) is 15.1. The lowest BCUT2D eigenvalue weighted by molar-refractivity contribution is -0.116. The van der Waals surface area contributed by atoms with Crippen LogP contribution in [-0.2, 0) is 9.59 Å². The van der Waals surface area contributed by atoms with Crippen LogP contribution in [0.5, 0.6) is 0 Å². The zero-order valence-corrected chi connectivity index (χ0v) is 19.7. The number of unbranched alkanes of at least 4 members (excludes halogenated alkanes) is 1. The Morgan fingerprint density at radius 3 is 2.26 bits per heavy atom.